The lowest BCUT2D eigenvalue weighted by atomic mass is 10.1. The van der Waals surface area contributed by atoms with Gasteiger partial charge in [0.1, 0.15) is 18.1 Å². The van der Waals surface area contributed by atoms with Crippen LogP contribution in [0.25, 0.3) is 0 Å². The third kappa shape index (κ3) is 3.75. The molecule has 0 aliphatic heterocycles. The molecule has 3 nitrogen and oxygen atoms in total. The Bertz CT molecular complexity index is 554. The molecule has 2 aromatic carbocycles. The Kier molecular flexibility index (Phi) is 5.02. The highest BCUT2D eigenvalue weighted by atomic mass is 16.5. The van der Waals surface area contributed by atoms with E-state index in [1.165, 1.54) is 5.56 Å². The minimum Gasteiger partial charge on any atom is -0.497 e. The Morgan fingerprint density at radius 2 is 1.80 bits per heavy atom. The van der Waals surface area contributed by atoms with Crippen molar-refractivity contribution in [3.8, 4) is 11.5 Å². The summed E-state index contributed by atoms with van der Waals surface area (Å²) in [6.45, 7) is 2.57. The fraction of sp³-hybridized carbons (Fsp3) is 0.294. The molecule has 106 valence electrons. The Labute approximate surface area is 120 Å². The molecule has 0 saturated heterocycles. The van der Waals surface area contributed by atoms with Crippen LogP contribution >= 0.6 is 0 Å². The monoisotopic (exact) mass is 271 g/mol. The summed E-state index contributed by atoms with van der Waals surface area (Å²) in [5.41, 5.74) is 8.43. The third-order valence-electron chi connectivity index (χ3n) is 3.26. The molecule has 3 heteroatoms. The molecule has 2 aromatic rings. The van der Waals surface area contributed by atoms with E-state index in [4.69, 9.17) is 15.2 Å². The van der Waals surface area contributed by atoms with Crippen LogP contribution in [0, 0.1) is 0 Å². The highest BCUT2D eigenvalue weighted by Crippen LogP contribution is 2.20. The number of aryl methyl sites for hydroxylation is 1. The van der Waals surface area contributed by atoms with E-state index >= 15 is 0 Å². The summed E-state index contributed by atoms with van der Waals surface area (Å²) in [5, 5.41) is 0. The van der Waals surface area contributed by atoms with Gasteiger partial charge in [0.05, 0.1) is 13.2 Å². The first-order valence-corrected chi connectivity index (χ1v) is 6.84. The van der Waals surface area contributed by atoms with Crippen molar-refractivity contribution >= 4 is 0 Å². The van der Waals surface area contributed by atoms with E-state index in [1.807, 2.05) is 36.4 Å². The molecular formula is C17H21NO2. The quantitative estimate of drug-likeness (QED) is 0.876. The molecule has 0 heterocycles. The van der Waals surface area contributed by atoms with Crippen LogP contribution in [0.2, 0.25) is 0 Å². The molecule has 2 rings (SSSR count). The van der Waals surface area contributed by atoms with Gasteiger partial charge in [0.25, 0.3) is 0 Å². The molecule has 0 aliphatic carbocycles. The molecule has 0 spiro atoms. The first-order chi connectivity index (χ1) is 9.72. The molecule has 0 aromatic heterocycles. The lowest BCUT2D eigenvalue weighted by molar-refractivity contribution is 0.290. The second-order valence-corrected chi connectivity index (χ2v) is 4.70. The second kappa shape index (κ2) is 6.96. The van der Waals surface area contributed by atoms with Crippen molar-refractivity contribution in [1.29, 1.82) is 0 Å². The highest BCUT2D eigenvalue weighted by molar-refractivity contribution is 5.31. The number of ether oxygens (including phenoxy) is 2. The van der Waals surface area contributed by atoms with E-state index in [0.29, 0.717) is 6.61 Å². The lowest BCUT2D eigenvalue weighted by Crippen LogP contribution is -2.19. The summed E-state index contributed by atoms with van der Waals surface area (Å²) in [4.78, 5) is 0. The van der Waals surface area contributed by atoms with Crippen molar-refractivity contribution in [2.24, 2.45) is 5.73 Å². The predicted molar refractivity (Wildman–Crippen MR) is 81.2 cm³/mol. The maximum Gasteiger partial charge on any atom is 0.119 e. The summed E-state index contributed by atoms with van der Waals surface area (Å²) in [5.74, 6) is 1.67. The SMILES string of the molecule is CCc1cccc(OCC(N)c2cccc(OC)c2)c1. The summed E-state index contributed by atoms with van der Waals surface area (Å²) >= 11 is 0. The van der Waals surface area contributed by atoms with Crippen molar-refractivity contribution in [1.82, 2.24) is 0 Å². The van der Waals surface area contributed by atoms with Gasteiger partial charge in [-0.05, 0) is 41.8 Å². The number of rotatable bonds is 6. The normalized spacial score (nSPS) is 11.9. The average Bonchev–Trinajstić information content (AvgIpc) is 2.52. The minimum absolute atomic E-state index is 0.171. The second-order valence-electron chi connectivity index (χ2n) is 4.70. The van der Waals surface area contributed by atoms with Crippen LogP contribution in [0.5, 0.6) is 11.5 Å². The van der Waals surface area contributed by atoms with Gasteiger partial charge in [-0.3, -0.25) is 0 Å². The topological polar surface area (TPSA) is 44.5 Å². The van der Waals surface area contributed by atoms with E-state index in [2.05, 4.69) is 19.1 Å². The smallest absolute Gasteiger partial charge is 0.119 e. The Morgan fingerprint density at radius 3 is 2.55 bits per heavy atom. The zero-order chi connectivity index (χ0) is 14.4. The van der Waals surface area contributed by atoms with E-state index < -0.39 is 0 Å². The van der Waals surface area contributed by atoms with E-state index in [0.717, 1.165) is 23.5 Å². The number of methoxy groups -OCH3 is 1. The van der Waals surface area contributed by atoms with Crippen LogP contribution in [0.15, 0.2) is 48.5 Å². The predicted octanol–water partition coefficient (Wildman–Crippen LogP) is 3.34. The van der Waals surface area contributed by atoms with Gasteiger partial charge >= 0.3 is 0 Å². The molecule has 1 atom stereocenters. The molecule has 0 amide bonds. The van der Waals surface area contributed by atoms with Crippen molar-refractivity contribution in [2.75, 3.05) is 13.7 Å². The zero-order valence-corrected chi connectivity index (χ0v) is 12.0. The van der Waals surface area contributed by atoms with Crippen LogP contribution in [0.1, 0.15) is 24.1 Å². The van der Waals surface area contributed by atoms with Crippen molar-refractivity contribution < 1.29 is 9.47 Å². The van der Waals surface area contributed by atoms with Gasteiger partial charge in [0.2, 0.25) is 0 Å². The minimum atomic E-state index is -0.171. The molecule has 0 bridgehead atoms. The number of nitrogens with two attached hydrogens (primary N) is 1. The summed E-state index contributed by atoms with van der Waals surface area (Å²) in [7, 11) is 1.65. The van der Waals surface area contributed by atoms with Crippen LogP contribution < -0.4 is 15.2 Å². The van der Waals surface area contributed by atoms with Crippen molar-refractivity contribution in [2.45, 2.75) is 19.4 Å². The third-order valence-corrected chi connectivity index (χ3v) is 3.26. The lowest BCUT2D eigenvalue weighted by Gasteiger charge is -2.15. The van der Waals surface area contributed by atoms with Gasteiger partial charge in [-0.25, -0.2) is 0 Å². The zero-order valence-electron chi connectivity index (χ0n) is 12.0. The van der Waals surface area contributed by atoms with Crippen LogP contribution in [0.3, 0.4) is 0 Å². The van der Waals surface area contributed by atoms with E-state index in [1.54, 1.807) is 7.11 Å². The van der Waals surface area contributed by atoms with Crippen LogP contribution in [-0.4, -0.2) is 13.7 Å². The maximum absolute atomic E-state index is 6.16. The summed E-state index contributed by atoms with van der Waals surface area (Å²) < 4.78 is 11.0. The molecule has 0 saturated carbocycles. The maximum atomic E-state index is 6.16. The first-order valence-electron chi connectivity index (χ1n) is 6.84. The van der Waals surface area contributed by atoms with Crippen molar-refractivity contribution in [3.63, 3.8) is 0 Å². The van der Waals surface area contributed by atoms with Gasteiger partial charge in [0.15, 0.2) is 0 Å². The molecule has 0 radical (unpaired) electrons. The molecule has 20 heavy (non-hydrogen) atoms. The fourth-order valence-electron chi connectivity index (χ4n) is 2.01. The van der Waals surface area contributed by atoms with Crippen LogP contribution in [0.4, 0.5) is 0 Å². The molecule has 0 fully saturated rings. The number of benzene rings is 2. The Balaban J connectivity index is 1.98. The van der Waals surface area contributed by atoms with Gasteiger partial charge in [-0.1, -0.05) is 31.2 Å². The van der Waals surface area contributed by atoms with E-state index in [-0.39, 0.29) is 6.04 Å². The summed E-state index contributed by atoms with van der Waals surface area (Å²) in [6.07, 6.45) is 0.999. The number of hydrogen-bond donors (Lipinski definition) is 1. The molecule has 2 N–H and O–H groups in total. The number of hydrogen-bond acceptors (Lipinski definition) is 3. The first kappa shape index (κ1) is 14.4. The van der Waals surface area contributed by atoms with Gasteiger partial charge in [-0.15, -0.1) is 0 Å². The highest BCUT2D eigenvalue weighted by Gasteiger charge is 2.08. The molecule has 0 aliphatic rings. The van der Waals surface area contributed by atoms with Crippen molar-refractivity contribution in [3.05, 3.63) is 59.7 Å². The average molecular weight is 271 g/mol. The largest absolute Gasteiger partial charge is 0.497 e. The van der Waals surface area contributed by atoms with Gasteiger partial charge < -0.3 is 15.2 Å². The Hall–Kier alpha value is -2.00. The standard InChI is InChI=1S/C17H21NO2/c1-3-13-6-4-9-16(10-13)20-12-17(18)14-7-5-8-15(11-14)19-2/h4-11,17H,3,12,18H2,1-2H3. The molecule has 1 unspecified atom stereocenters. The summed E-state index contributed by atoms with van der Waals surface area (Å²) in [6, 6.07) is 15.7. The van der Waals surface area contributed by atoms with E-state index in [9.17, 15) is 0 Å². The van der Waals surface area contributed by atoms with Crippen LogP contribution in [-0.2, 0) is 6.42 Å². The van der Waals surface area contributed by atoms with Gasteiger partial charge in [-0.2, -0.15) is 0 Å². The Morgan fingerprint density at radius 1 is 1.05 bits per heavy atom. The fourth-order valence-corrected chi connectivity index (χ4v) is 2.01. The molecular weight excluding hydrogens is 250 g/mol. The van der Waals surface area contributed by atoms with Gasteiger partial charge in [0, 0.05) is 0 Å².